The topological polar surface area (TPSA) is 42.0 Å². The van der Waals surface area contributed by atoms with E-state index in [1.165, 1.54) is 0 Å². The van der Waals surface area contributed by atoms with Crippen molar-refractivity contribution in [2.75, 3.05) is 5.33 Å². The van der Waals surface area contributed by atoms with Gasteiger partial charge in [-0.15, -0.1) is 11.3 Å². The summed E-state index contributed by atoms with van der Waals surface area (Å²) in [6.07, 6.45) is 0.505. The van der Waals surface area contributed by atoms with Gasteiger partial charge < -0.3 is 5.32 Å². The molecule has 0 fully saturated rings. The van der Waals surface area contributed by atoms with E-state index in [9.17, 15) is 4.79 Å². The summed E-state index contributed by atoms with van der Waals surface area (Å²) in [6, 6.07) is 7.98. The summed E-state index contributed by atoms with van der Waals surface area (Å²) in [5, 5.41) is 4.48. The van der Waals surface area contributed by atoms with E-state index in [4.69, 9.17) is 0 Å². The fraction of sp³-hybridized carbons (Fsp3) is 0.273. The molecule has 1 N–H and O–H groups in total. The van der Waals surface area contributed by atoms with E-state index in [0.717, 1.165) is 15.2 Å². The van der Waals surface area contributed by atoms with Crippen LogP contribution in [-0.4, -0.2) is 16.2 Å². The van der Waals surface area contributed by atoms with Gasteiger partial charge in [0.1, 0.15) is 5.01 Å². The first kappa shape index (κ1) is 11.5. The lowest BCUT2D eigenvalue weighted by Gasteiger charge is -1.99. The third-order valence-corrected chi connectivity index (χ3v) is 3.53. The maximum atomic E-state index is 11.3. The van der Waals surface area contributed by atoms with Crippen molar-refractivity contribution in [3.8, 4) is 0 Å². The van der Waals surface area contributed by atoms with Gasteiger partial charge in [0.15, 0.2) is 0 Å². The molecule has 0 spiro atoms. The Morgan fingerprint density at radius 2 is 2.25 bits per heavy atom. The number of fused-ring (bicyclic) bond motifs is 1. The molecular weight excluding hydrogens is 288 g/mol. The summed E-state index contributed by atoms with van der Waals surface area (Å²) in [5.74, 6) is 0.0520. The first-order valence-corrected chi connectivity index (χ1v) is 6.90. The van der Waals surface area contributed by atoms with E-state index in [1.807, 2.05) is 24.3 Å². The van der Waals surface area contributed by atoms with Crippen molar-refractivity contribution in [1.29, 1.82) is 0 Å². The SMILES string of the molecule is O=C(CCBr)NCc1nc2ccccc2s1. The molecule has 0 aliphatic heterocycles. The molecule has 5 heteroatoms. The van der Waals surface area contributed by atoms with Crippen molar-refractivity contribution in [3.63, 3.8) is 0 Å². The fourth-order valence-corrected chi connectivity index (χ4v) is 2.61. The maximum Gasteiger partial charge on any atom is 0.221 e. The second kappa shape index (κ2) is 5.41. The molecule has 3 nitrogen and oxygen atoms in total. The van der Waals surface area contributed by atoms with Crippen molar-refractivity contribution >= 4 is 43.4 Å². The first-order valence-electron chi connectivity index (χ1n) is 4.96. The first-order chi connectivity index (χ1) is 7.79. The number of amides is 1. The van der Waals surface area contributed by atoms with Crippen LogP contribution in [0.5, 0.6) is 0 Å². The minimum absolute atomic E-state index is 0.0520. The molecule has 1 aromatic carbocycles. The molecule has 1 heterocycles. The smallest absolute Gasteiger partial charge is 0.221 e. The molecular formula is C11H11BrN2OS. The van der Waals surface area contributed by atoms with Gasteiger partial charge in [0.25, 0.3) is 0 Å². The molecule has 0 bridgehead atoms. The minimum Gasteiger partial charge on any atom is -0.350 e. The van der Waals surface area contributed by atoms with E-state index in [0.29, 0.717) is 18.3 Å². The summed E-state index contributed by atoms with van der Waals surface area (Å²) in [4.78, 5) is 15.7. The normalized spacial score (nSPS) is 10.6. The Kier molecular flexibility index (Phi) is 3.90. The Morgan fingerprint density at radius 3 is 3.00 bits per heavy atom. The van der Waals surface area contributed by atoms with Gasteiger partial charge in [-0.3, -0.25) is 4.79 Å². The van der Waals surface area contributed by atoms with Gasteiger partial charge in [-0.25, -0.2) is 4.98 Å². The minimum atomic E-state index is 0.0520. The number of nitrogens with zero attached hydrogens (tertiary/aromatic N) is 1. The average molecular weight is 299 g/mol. The van der Waals surface area contributed by atoms with Crippen LogP contribution in [-0.2, 0) is 11.3 Å². The van der Waals surface area contributed by atoms with Gasteiger partial charge in [0, 0.05) is 11.8 Å². The molecule has 0 saturated carbocycles. The molecule has 16 heavy (non-hydrogen) atoms. The van der Waals surface area contributed by atoms with E-state index >= 15 is 0 Å². The van der Waals surface area contributed by atoms with Gasteiger partial charge in [-0.2, -0.15) is 0 Å². The van der Waals surface area contributed by atoms with Crippen LogP contribution < -0.4 is 5.32 Å². The Bertz CT molecular complexity index is 464. The summed E-state index contributed by atoms with van der Waals surface area (Å²) >= 11 is 4.85. The zero-order valence-corrected chi connectivity index (χ0v) is 11.0. The number of halogens is 1. The molecule has 1 amide bonds. The van der Waals surface area contributed by atoms with E-state index in [-0.39, 0.29) is 5.91 Å². The maximum absolute atomic E-state index is 11.3. The van der Waals surface area contributed by atoms with Crippen molar-refractivity contribution in [1.82, 2.24) is 10.3 Å². The van der Waals surface area contributed by atoms with Crippen LogP contribution in [0.15, 0.2) is 24.3 Å². The lowest BCUT2D eigenvalue weighted by Crippen LogP contribution is -2.22. The molecule has 0 aliphatic rings. The second-order valence-corrected chi connectivity index (χ2v) is 5.20. The predicted octanol–water partition coefficient (Wildman–Crippen LogP) is 2.70. The molecule has 0 unspecified atom stereocenters. The number of alkyl halides is 1. The number of nitrogens with one attached hydrogen (secondary N) is 1. The molecule has 2 aromatic rings. The Balaban J connectivity index is 2.02. The molecule has 1 aromatic heterocycles. The number of hydrogen-bond donors (Lipinski definition) is 1. The number of para-hydroxylation sites is 1. The van der Waals surface area contributed by atoms with Crippen LogP contribution in [0.3, 0.4) is 0 Å². The number of benzene rings is 1. The van der Waals surface area contributed by atoms with Crippen LogP contribution in [0.2, 0.25) is 0 Å². The molecule has 0 atom stereocenters. The summed E-state index contributed by atoms with van der Waals surface area (Å²) < 4.78 is 1.16. The van der Waals surface area contributed by atoms with E-state index < -0.39 is 0 Å². The average Bonchev–Trinajstić information content (AvgIpc) is 2.69. The molecule has 0 saturated heterocycles. The molecule has 2 rings (SSSR count). The number of aromatic nitrogens is 1. The van der Waals surface area contributed by atoms with Crippen LogP contribution in [0.25, 0.3) is 10.2 Å². The number of carbonyl (C=O) groups is 1. The monoisotopic (exact) mass is 298 g/mol. The van der Waals surface area contributed by atoms with Gasteiger partial charge in [-0.05, 0) is 12.1 Å². The summed E-state index contributed by atoms with van der Waals surface area (Å²) in [7, 11) is 0. The van der Waals surface area contributed by atoms with Crippen molar-refractivity contribution in [3.05, 3.63) is 29.3 Å². The highest BCUT2D eigenvalue weighted by Crippen LogP contribution is 2.21. The third-order valence-electron chi connectivity index (χ3n) is 2.10. The Hall–Kier alpha value is -0.940. The van der Waals surface area contributed by atoms with Gasteiger partial charge in [-0.1, -0.05) is 28.1 Å². The molecule has 0 aliphatic carbocycles. The number of rotatable bonds is 4. The Labute approximate surface area is 106 Å². The highest BCUT2D eigenvalue weighted by molar-refractivity contribution is 9.09. The second-order valence-electron chi connectivity index (χ2n) is 3.29. The highest BCUT2D eigenvalue weighted by Gasteiger charge is 2.04. The zero-order chi connectivity index (χ0) is 11.4. The zero-order valence-electron chi connectivity index (χ0n) is 8.57. The van der Waals surface area contributed by atoms with Crippen LogP contribution in [0.4, 0.5) is 0 Å². The number of carbonyl (C=O) groups excluding carboxylic acids is 1. The number of hydrogen-bond acceptors (Lipinski definition) is 3. The van der Waals surface area contributed by atoms with Gasteiger partial charge in [0.2, 0.25) is 5.91 Å². The third kappa shape index (κ3) is 2.80. The summed E-state index contributed by atoms with van der Waals surface area (Å²) in [6.45, 7) is 0.519. The van der Waals surface area contributed by atoms with Crippen LogP contribution in [0.1, 0.15) is 11.4 Å². The lowest BCUT2D eigenvalue weighted by molar-refractivity contribution is -0.120. The quantitative estimate of drug-likeness (QED) is 0.882. The largest absolute Gasteiger partial charge is 0.350 e. The summed E-state index contributed by atoms with van der Waals surface area (Å²) in [5.41, 5.74) is 0.997. The molecule has 84 valence electrons. The Morgan fingerprint density at radius 1 is 1.44 bits per heavy atom. The highest BCUT2D eigenvalue weighted by atomic mass is 79.9. The standard InChI is InChI=1S/C11H11BrN2OS/c12-6-5-10(15)13-7-11-14-8-3-1-2-4-9(8)16-11/h1-4H,5-7H2,(H,13,15). The van der Waals surface area contributed by atoms with Gasteiger partial charge in [0.05, 0.1) is 16.8 Å². The van der Waals surface area contributed by atoms with Crippen LogP contribution >= 0.6 is 27.3 Å². The van der Waals surface area contributed by atoms with Gasteiger partial charge >= 0.3 is 0 Å². The van der Waals surface area contributed by atoms with Crippen molar-refractivity contribution in [2.45, 2.75) is 13.0 Å². The number of thiazole rings is 1. The fourth-order valence-electron chi connectivity index (χ4n) is 1.34. The van der Waals surface area contributed by atoms with Crippen molar-refractivity contribution < 1.29 is 4.79 Å². The van der Waals surface area contributed by atoms with E-state index in [2.05, 4.69) is 26.2 Å². The van der Waals surface area contributed by atoms with E-state index in [1.54, 1.807) is 11.3 Å². The predicted molar refractivity (Wildman–Crippen MR) is 69.9 cm³/mol. The lowest BCUT2D eigenvalue weighted by atomic mass is 10.3. The van der Waals surface area contributed by atoms with Crippen LogP contribution in [0, 0.1) is 0 Å². The molecule has 0 radical (unpaired) electrons. The van der Waals surface area contributed by atoms with Crippen molar-refractivity contribution in [2.24, 2.45) is 0 Å².